The van der Waals surface area contributed by atoms with E-state index in [9.17, 15) is 14.4 Å². The Bertz CT molecular complexity index is 2000. The van der Waals surface area contributed by atoms with Crippen LogP contribution in [-0.4, -0.2) is 45.5 Å². The summed E-state index contributed by atoms with van der Waals surface area (Å²) in [4.78, 5) is 44.1. The van der Waals surface area contributed by atoms with Crippen molar-refractivity contribution in [3.05, 3.63) is 106 Å². The van der Waals surface area contributed by atoms with E-state index >= 15 is 4.39 Å². The standard InChI is InChI=1S/C35H36FN5O6.2ClH/c1-20(2)32(37)35(44)46-21(3)19-40-22(4)31(34(43)41(40)24-9-7-6-8-10-24)33(42)39-23-11-14-30(27(36)17-23)47-29-15-16-38-28-18-25(45-5)12-13-26(28)29;;/h6-18,20-21,32H,19,37H2,1-5H3,(H,39,42);2*1H/t21-,32+;;/m0../s1. The molecule has 0 fully saturated rings. The van der Waals surface area contributed by atoms with Gasteiger partial charge in [-0.25, -0.2) is 9.07 Å². The van der Waals surface area contributed by atoms with Crippen molar-refractivity contribution in [1.29, 1.82) is 0 Å². The number of hydrogen-bond donors (Lipinski definition) is 2. The Morgan fingerprint density at radius 3 is 2.35 bits per heavy atom. The molecular formula is C35H38Cl2FN5O6. The molecule has 0 saturated carbocycles. The normalized spacial score (nSPS) is 12.0. The Morgan fingerprint density at radius 2 is 1.69 bits per heavy atom. The van der Waals surface area contributed by atoms with Crippen LogP contribution in [-0.2, 0) is 16.1 Å². The zero-order chi connectivity index (χ0) is 33.8. The predicted molar refractivity (Wildman–Crippen MR) is 190 cm³/mol. The summed E-state index contributed by atoms with van der Waals surface area (Å²) in [5, 5.41) is 3.29. The van der Waals surface area contributed by atoms with E-state index in [0.29, 0.717) is 33.8 Å². The maximum absolute atomic E-state index is 15.3. The van der Waals surface area contributed by atoms with E-state index in [-0.39, 0.29) is 54.3 Å². The van der Waals surface area contributed by atoms with E-state index in [0.717, 1.165) is 6.07 Å². The summed E-state index contributed by atoms with van der Waals surface area (Å²) in [5.74, 6) is -1.20. The Kier molecular flexibility index (Phi) is 12.9. The van der Waals surface area contributed by atoms with E-state index in [1.165, 1.54) is 16.8 Å². The highest BCUT2D eigenvalue weighted by Crippen LogP contribution is 2.33. The molecule has 49 heavy (non-hydrogen) atoms. The van der Waals surface area contributed by atoms with Crippen LogP contribution in [0.5, 0.6) is 17.2 Å². The van der Waals surface area contributed by atoms with Crippen molar-refractivity contribution < 1.29 is 28.2 Å². The van der Waals surface area contributed by atoms with Gasteiger partial charge in [-0.1, -0.05) is 32.0 Å². The van der Waals surface area contributed by atoms with Gasteiger partial charge in [0.25, 0.3) is 11.5 Å². The summed E-state index contributed by atoms with van der Waals surface area (Å²) in [6.07, 6.45) is 0.871. The first-order valence-electron chi connectivity index (χ1n) is 15.0. The highest BCUT2D eigenvalue weighted by Gasteiger charge is 2.27. The average molecular weight is 715 g/mol. The fourth-order valence-electron chi connectivity index (χ4n) is 5.08. The predicted octanol–water partition coefficient (Wildman–Crippen LogP) is 6.45. The molecule has 0 bridgehead atoms. The number of nitrogens with one attached hydrogen (secondary N) is 1. The number of pyridine rings is 1. The van der Waals surface area contributed by atoms with Gasteiger partial charge in [-0.15, -0.1) is 24.8 Å². The highest BCUT2D eigenvalue weighted by atomic mass is 35.5. The van der Waals surface area contributed by atoms with Gasteiger partial charge >= 0.3 is 5.97 Å². The molecule has 0 aliphatic carbocycles. The molecule has 5 aromatic rings. The molecule has 2 heterocycles. The first-order valence-corrected chi connectivity index (χ1v) is 15.0. The van der Waals surface area contributed by atoms with Gasteiger partial charge in [0.05, 0.1) is 30.6 Å². The number of para-hydroxylation sites is 1. The van der Waals surface area contributed by atoms with Gasteiger partial charge in [0.1, 0.15) is 29.2 Å². The number of hydrogen-bond acceptors (Lipinski definition) is 8. The number of nitrogens with zero attached hydrogens (tertiary/aromatic N) is 3. The summed E-state index contributed by atoms with van der Waals surface area (Å²) < 4.78 is 34.9. The van der Waals surface area contributed by atoms with Gasteiger partial charge in [0, 0.05) is 29.4 Å². The smallest absolute Gasteiger partial charge is 0.323 e. The van der Waals surface area contributed by atoms with E-state index in [1.54, 1.807) is 86.4 Å². The van der Waals surface area contributed by atoms with Crippen molar-refractivity contribution in [2.45, 2.75) is 46.4 Å². The van der Waals surface area contributed by atoms with Crippen LogP contribution in [0.1, 0.15) is 36.8 Å². The van der Waals surface area contributed by atoms with Gasteiger partial charge in [-0.2, -0.15) is 0 Å². The summed E-state index contributed by atoms with van der Waals surface area (Å²) in [6, 6.07) is 18.8. The molecule has 3 N–H and O–H groups in total. The number of halogens is 3. The van der Waals surface area contributed by atoms with Gasteiger partial charge < -0.3 is 25.3 Å². The summed E-state index contributed by atoms with van der Waals surface area (Å²) in [7, 11) is 1.55. The lowest BCUT2D eigenvalue weighted by molar-refractivity contribution is -0.151. The van der Waals surface area contributed by atoms with Crippen LogP contribution in [0.15, 0.2) is 83.8 Å². The van der Waals surface area contributed by atoms with Crippen molar-refractivity contribution in [3.8, 4) is 22.9 Å². The maximum atomic E-state index is 15.3. The third-order valence-corrected chi connectivity index (χ3v) is 7.68. The molecule has 11 nitrogen and oxygen atoms in total. The number of carbonyl (C=O) groups is 2. The fraction of sp³-hybridized carbons (Fsp3) is 0.257. The Labute approximate surface area is 295 Å². The molecule has 2 atom stereocenters. The lowest BCUT2D eigenvalue weighted by Crippen LogP contribution is -2.39. The minimum Gasteiger partial charge on any atom is -0.497 e. The van der Waals surface area contributed by atoms with E-state index < -0.39 is 35.4 Å². The quantitative estimate of drug-likeness (QED) is 0.149. The number of esters is 1. The fourth-order valence-corrected chi connectivity index (χ4v) is 5.08. The van der Waals surface area contributed by atoms with Crippen molar-refractivity contribution in [3.63, 3.8) is 0 Å². The number of amides is 1. The Balaban J connectivity index is 0.00000325. The second-order valence-corrected chi connectivity index (χ2v) is 11.4. The molecule has 0 spiro atoms. The number of rotatable bonds is 11. The van der Waals surface area contributed by atoms with E-state index in [4.69, 9.17) is 19.9 Å². The molecule has 0 aliphatic rings. The summed E-state index contributed by atoms with van der Waals surface area (Å²) >= 11 is 0. The zero-order valence-electron chi connectivity index (χ0n) is 27.5. The van der Waals surface area contributed by atoms with Gasteiger partial charge in [0.2, 0.25) is 0 Å². The molecule has 0 unspecified atom stereocenters. The number of fused-ring (bicyclic) bond motifs is 1. The van der Waals surface area contributed by atoms with Crippen LogP contribution in [0.25, 0.3) is 16.6 Å². The third-order valence-electron chi connectivity index (χ3n) is 7.68. The van der Waals surface area contributed by atoms with Gasteiger partial charge in [-0.3, -0.25) is 24.0 Å². The first-order chi connectivity index (χ1) is 22.5. The minimum atomic E-state index is -0.800. The number of carbonyl (C=O) groups excluding carboxylic acids is 2. The second-order valence-electron chi connectivity index (χ2n) is 11.4. The van der Waals surface area contributed by atoms with Crippen molar-refractivity contribution in [2.24, 2.45) is 11.7 Å². The Hall–Kier alpha value is -4.91. The number of methoxy groups -OCH3 is 1. The first kappa shape index (κ1) is 38.5. The SMILES string of the molecule is COc1ccc2c(Oc3ccc(NC(=O)c4c(C)n(C[C@H](C)OC(=O)[C@H](N)C(C)C)n(-c5ccccc5)c4=O)cc3F)ccnc2c1.Cl.Cl. The molecule has 260 valence electrons. The zero-order valence-corrected chi connectivity index (χ0v) is 29.1. The topological polar surface area (TPSA) is 140 Å². The monoisotopic (exact) mass is 713 g/mol. The van der Waals surface area contributed by atoms with Crippen LogP contribution in [0, 0.1) is 18.7 Å². The van der Waals surface area contributed by atoms with Crippen molar-refractivity contribution >= 4 is 53.3 Å². The number of ether oxygens (including phenoxy) is 3. The van der Waals surface area contributed by atoms with Crippen LogP contribution in [0.4, 0.5) is 10.1 Å². The highest BCUT2D eigenvalue weighted by molar-refractivity contribution is 6.05. The van der Waals surface area contributed by atoms with E-state index in [2.05, 4.69) is 10.3 Å². The Morgan fingerprint density at radius 1 is 0.980 bits per heavy atom. The number of nitrogens with two attached hydrogens (primary N) is 1. The number of anilines is 1. The summed E-state index contributed by atoms with van der Waals surface area (Å²) in [5.41, 5.74) is 6.78. The summed E-state index contributed by atoms with van der Waals surface area (Å²) in [6.45, 7) is 7.00. The van der Waals surface area contributed by atoms with E-state index in [1.807, 2.05) is 13.8 Å². The van der Waals surface area contributed by atoms with Gasteiger partial charge in [-0.05, 0) is 62.2 Å². The number of aromatic nitrogens is 3. The van der Waals surface area contributed by atoms with Crippen LogP contribution in [0.2, 0.25) is 0 Å². The molecule has 0 aliphatic heterocycles. The largest absolute Gasteiger partial charge is 0.497 e. The van der Waals surface area contributed by atoms with Gasteiger partial charge in [0.15, 0.2) is 11.6 Å². The number of benzene rings is 3. The molecule has 1 amide bonds. The second kappa shape index (κ2) is 16.5. The average Bonchev–Trinajstić information content (AvgIpc) is 3.29. The van der Waals surface area contributed by atoms with Crippen molar-refractivity contribution in [1.82, 2.24) is 14.3 Å². The molecule has 2 aromatic heterocycles. The minimum absolute atomic E-state index is 0. The maximum Gasteiger partial charge on any atom is 0.323 e. The molecule has 0 saturated heterocycles. The molecule has 14 heteroatoms. The molecule has 5 rings (SSSR count). The molecular weight excluding hydrogens is 676 g/mol. The van der Waals surface area contributed by atoms with Crippen molar-refractivity contribution in [2.75, 3.05) is 12.4 Å². The molecule has 3 aromatic carbocycles. The van der Waals surface area contributed by atoms with Crippen LogP contribution >= 0.6 is 24.8 Å². The lowest BCUT2D eigenvalue weighted by atomic mass is 10.1. The van der Waals surface area contributed by atoms with Crippen LogP contribution in [0.3, 0.4) is 0 Å². The third kappa shape index (κ3) is 8.40. The lowest BCUT2D eigenvalue weighted by Gasteiger charge is -2.21. The van der Waals surface area contributed by atoms with Crippen LogP contribution < -0.4 is 26.1 Å². The molecule has 0 radical (unpaired) electrons.